The van der Waals surface area contributed by atoms with Crippen LogP contribution in [0.25, 0.3) is 0 Å². The highest BCUT2D eigenvalue weighted by molar-refractivity contribution is 5.91. The van der Waals surface area contributed by atoms with Crippen molar-refractivity contribution < 1.29 is 14.6 Å². The van der Waals surface area contributed by atoms with E-state index in [1.54, 1.807) is 24.3 Å². The lowest BCUT2D eigenvalue weighted by Gasteiger charge is -2.31. The fourth-order valence-corrected chi connectivity index (χ4v) is 1.79. The van der Waals surface area contributed by atoms with Crippen LogP contribution in [0.3, 0.4) is 0 Å². The fraction of sp³-hybridized carbons (Fsp3) is 0.500. The van der Waals surface area contributed by atoms with Crippen LogP contribution in [0.1, 0.15) is 42.7 Å². The standard InChI is InChI=1S/C14H21NO3.ClH/c1-14(2,3)12(16)11(15)9-7-5-6-8-10(9)13(17)18-4;/h5-8,11-12,16H,15H2,1-4H3;1H/t11-,12-;/m0./s1. The highest BCUT2D eigenvalue weighted by Crippen LogP contribution is 2.30. The fourth-order valence-electron chi connectivity index (χ4n) is 1.79. The molecule has 0 aliphatic heterocycles. The zero-order chi connectivity index (χ0) is 13.9. The van der Waals surface area contributed by atoms with E-state index in [1.165, 1.54) is 7.11 Å². The van der Waals surface area contributed by atoms with Gasteiger partial charge in [-0.1, -0.05) is 39.0 Å². The molecule has 1 aromatic carbocycles. The lowest BCUT2D eigenvalue weighted by molar-refractivity contribution is 0.0390. The summed E-state index contributed by atoms with van der Waals surface area (Å²) in [5.74, 6) is -0.442. The van der Waals surface area contributed by atoms with E-state index in [-0.39, 0.29) is 17.8 Å². The van der Waals surface area contributed by atoms with E-state index in [4.69, 9.17) is 10.5 Å². The van der Waals surface area contributed by atoms with Crippen molar-refractivity contribution >= 4 is 18.4 Å². The molecule has 1 aromatic rings. The molecule has 0 bridgehead atoms. The molecule has 2 atom stereocenters. The van der Waals surface area contributed by atoms with Crippen LogP contribution in [0.4, 0.5) is 0 Å². The molecule has 0 aliphatic carbocycles. The summed E-state index contributed by atoms with van der Waals surface area (Å²) >= 11 is 0. The number of methoxy groups -OCH3 is 1. The summed E-state index contributed by atoms with van der Waals surface area (Å²) < 4.78 is 4.72. The van der Waals surface area contributed by atoms with Gasteiger partial charge in [-0.25, -0.2) is 4.79 Å². The van der Waals surface area contributed by atoms with Gasteiger partial charge in [0.05, 0.1) is 24.8 Å². The van der Waals surface area contributed by atoms with Gasteiger partial charge in [0.1, 0.15) is 0 Å². The topological polar surface area (TPSA) is 72.5 Å². The molecule has 0 fully saturated rings. The van der Waals surface area contributed by atoms with Gasteiger partial charge in [0.25, 0.3) is 0 Å². The average molecular weight is 288 g/mol. The molecule has 19 heavy (non-hydrogen) atoms. The Bertz CT molecular complexity index is 429. The van der Waals surface area contributed by atoms with E-state index in [0.29, 0.717) is 11.1 Å². The Hall–Kier alpha value is -1.10. The number of carbonyl (C=O) groups is 1. The lowest BCUT2D eigenvalue weighted by Crippen LogP contribution is -2.37. The van der Waals surface area contributed by atoms with E-state index in [9.17, 15) is 9.90 Å². The van der Waals surface area contributed by atoms with Gasteiger partial charge in [0.15, 0.2) is 0 Å². The summed E-state index contributed by atoms with van der Waals surface area (Å²) in [4.78, 5) is 11.7. The van der Waals surface area contributed by atoms with Crippen LogP contribution < -0.4 is 5.73 Å². The molecule has 4 nitrogen and oxygen atoms in total. The molecule has 3 N–H and O–H groups in total. The van der Waals surface area contributed by atoms with Crippen LogP contribution in [0, 0.1) is 5.41 Å². The number of aliphatic hydroxyl groups is 1. The molecule has 0 saturated carbocycles. The number of benzene rings is 1. The second-order valence-corrected chi connectivity index (χ2v) is 5.42. The summed E-state index contributed by atoms with van der Waals surface area (Å²) in [6.07, 6.45) is -0.747. The van der Waals surface area contributed by atoms with Crippen molar-refractivity contribution in [1.29, 1.82) is 0 Å². The second-order valence-electron chi connectivity index (χ2n) is 5.42. The van der Waals surface area contributed by atoms with Crippen LogP contribution in [0.5, 0.6) is 0 Å². The monoisotopic (exact) mass is 287 g/mol. The van der Waals surface area contributed by atoms with Crippen LogP contribution in [-0.2, 0) is 4.74 Å². The van der Waals surface area contributed by atoms with Crippen LogP contribution in [0.2, 0.25) is 0 Å². The molecule has 0 spiro atoms. The summed E-state index contributed by atoms with van der Waals surface area (Å²) in [5.41, 5.74) is 6.70. The number of ether oxygens (including phenoxy) is 1. The summed E-state index contributed by atoms with van der Waals surface area (Å²) in [6.45, 7) is 5.70. The lowest BCUT2D eigenvalue weighted by atomic mass is 9.81. The van der Waals surface area contributed by atoms with Gasteiger partial charge in [-0.3, -0.25) is 0 Å². The molecular formula is C14H22ClNO3. The number of aliphatic hydroxyl groups excluding tert-OH is 1. The number of hydrogen-bond donors (Lipinski definition) is 2. The molecule has 108 valence electrons. The Balaban J connectivity index is 0.00000324. The molecule has 5 heteroatoms. The first kappa shape index (κ1) is 17.9. The largest absolute Gasteiger partial charge is 0.465 e. The number of nitrogens with two attached hydrogens (primary N) is 1. The summed E-state index contributed by atoms with van der Waals surface area (Å²) in [5, 5.41) is 10.2. The van der Waals surface area contributed by atoms with Crippen molar-refractivity contribution in [2.45, 2.75) is 32.9 Å². The van der Waals surface area contributed by atoms with Crippen molar-refractivity contribution in [3.8, 4) is 0 Å². The van der Waals surface area contributed by atoms with Gasteiger partial charge in [-0.15, -0.1) is 12.4 Å². The maximum atomic E-state index is 11.7. The third-order valence-corrected chi connectivity index (χ3v) is 2.95. The minimum Gasteiger partial charge on any atom is -0.465 e. The maximum Gasteiger partial charge on any atom is 0.338 e. The average Bonchev–Trinajstić information content (AvgIpc) is 2.35. The van der Waals surface area contributed by atoms with Gasteiger partial charge in [0.2, 0.25) is 0 Å². The Kier molecular flexibility index (Phi) is 6.49. The molecule has 0 radical (unpaired) electrons. The van der Waals surface area contributed by atoms with Crippen molar-refractivity contribution in [2.24, 2.45) is 11.1 Å². The number of hydrogen-bond acceptors (Lipinski definition) is 4. The molecule has 0 heterocycles. The van der Waals surface area contributed by atoms with Gasteiger partial charge in [-0.05, 0) is 17.0 Å². The highest BCUT2D eigenvalue weighted by Gasteiger charge is 2.31. The van der Waals surface area contributed by atoms with Gasteiger partial charge >= 0.3 is 5.97 Å². The van der Waals surface area contributed by atoms with Gasteiger partial charge < -0.3 is 15.6 Å². The van der Waals surface area contributed by atoms with E-state index >= 15 is 0 Å². The molecule has 1 rings (SSSR count). The SMILES string of the molecule is COC(=O)c1ccccc1[C@H](N)[C@H](O)C(C)(C)C.Cl. The van der Waals surface area contributed by atoms with E-state index in [2.05, 4.69) is 0 Å². The van der Waals surface area contributed by atoms with Crippen molar-refractivity contribution in [2.75, 3.05) is 7.11 Å². The third-order valence-electron chi connectivity index (χ3n) is 2.95. The quantitative estimate of drug-likeness (QED) is 0.837. The minimum atomic E-state index is -0.747. The second kappa shape index (κ2) is 6.89. The first-order valence-corrected chi connectivity index (χ1v) is 5.90. The van der Waals surface area contributed by atoms with Crippen molar-refractivity contribution in [3.63, 3.8) is 0 Å². The smallest absolute Gasteiger partial charge is 0.338 e. The predicted molar refractivity (Wildman–Crippen MR) is 77.4 cm³/mol. The number of halogens is 1. The highest BCUT2D eigenvalue weighted by atomic mass is 35.5. The summed E-state index contributed by atoms with van der Waals surface area (Å²) in [7, 11) is 1.32. The normalized spacial score (nSPS) is 14.2. The van der Waals surface area contributed by atoms with E-state index in [1.807, 2.05) is 20.8 Å². The first-order chi connectivity index (χ1) is 8.29. The predicted octanol–water partition coefficient (Wildman–Crippen LogP) is 2.30. The zero-order valence-electron chi connectivity index (χ0n) is 11.7. The van der Waals surface area contributed by atoms with Gasteiger partial charge in [0, 0.05) is 0 Å². The third kappa shape index (κ3) is 4.20. The Morgan fingerprint density at radius 2 is 1.84 bits per heavy atom. The van der Waals surface area contributed by atoms with Crippen molar-refractivity contribution in [1.82, 2.24) is 0 Å². The molecule has 0 amide bonds. The molecule has 0 aliphatic rings. The minimum absolute atomic E-state index is 0. The van der Waals surface area contributed by atoms with E-state index < -0.39 is 18.1 Å². The van der Waals surface area contributed by atoms with E-state index in [0.717, 1.165) is 0 Å². The molecule has 0 saturated heterocycles. The summed E-state index contributed by atoms with van der Waals surface area (Å²) in [6, 6.07) is 6.30. The Morgan fingerprint density at radius 3 is 2.32 bits per heavy atom. The Labute approximate surface area is 120 Å². The van der Waals surface area contributed by atoms with Crippen LogP contribution >= 0.6 is 12.4 Å². The number of esters is 1. The van der Waals surface area contributed by atoms with Crippen LogP contribution in [-0.4, -0.2) is 24.3 Å². The first-order valence-electron chi connectivity index (χ1n) is 5.90. The van der Waals surface area contributed by atoms with Crippen LogP contribution in [0.15, 0.2) is 24.3 Å². The van der Waals surface area contributed by atoms with Gasteiger partial charge in [-0.2, -0.15) is 0 Å². The molecule has 0 unspecified atom stereocenters. The Morgan fingerprint density at radius 1 is 1.32 bits per heavy atom. The molecular weight excluding hydrogens is 266 g/mol. The number of rotatable bonds is 3. The van der Waals surface area contributed by atoms with Crippen molar-refractivity contribution in [3.05, 3.63) is 35.4 Å². The number of carbonyl (C=O) groups excluding carboxylic acids is 1. The maximum absolute atomic E-state index is 11.7. The molecule has 0 aromatic heterocycles. The zero-order valence-corrected chi connectivity index (χ0v) is 12.5.